The minimum atomic E-state index is -3.23. The third-order valence-corrected chi connectivity index (χ3v) is 4.70. The van der Waals surface area contributed by atoms with E-state index in [9.17, 15) is 8.42 Å². The zero-order valence-electron chi connectivity index (χ0n) is 10.6. The van der Waals surface area contributed by atoms with Crippen molar-refractivity contribution in [3.8, 4) is 5.75 Å². The van der Waals surface area contributed by atoms with Crippen LogP contribution < -0.4 is 4.74 Å². The number of ether oxygens (including phenoxy) is 1. The molecule has 1 aromatic carbocycles. The summed E-state index contributed by atoms with van der Waals surface area (Å²) in [6.07, 6.45) is 0.465. The predicted molar refractivity (Wildman–Crippen MR) is 73.6 cm³/mol. The van der Waals surface area contributed by atoms with E-state index in [1.54, 1.807) is 14.2 Å². The monoisotopic (exact) mass is 291 g/mol. The van der Waals surface area contributed by atoms with Crippen LogP contribution in [0.25, 0.3) is 0 Å². The average Bonchev–Trinajstić information content (AvgIpc) is 2.36. The Morgan fingerprint density at radius 2 is 2.11 bits per heavy atom. The van der Waals surface area contributed by atoms with Crippen molar-refractivity contribution in [2.45, 2.75) is 13.0 Å². The Kier molecular flexibility index (Phi) is 5.91. The number of rotatable bonds is 7. The van der Waals surface area contributed by atoms with E-state index in [4.69, 9.17) is 16.3 Å². The Hall–Kier alpha value is -0.780. The molecule has 1 rings (SSSR count). The highest BCUT2D eigenvalue weighted by Crippen LogP contribution is 2.15. The van der Waals surface area contributed by atoms with Crippen LogP contribution in [0.15, 0.2) is 24.3 Å². The lowest BCUT2D eigenvalue weighted by atomic mass is 10.2. The van der Waals surface area contributed by atoms with Crippen molar-refractivity contribution in [1.29, 1.82) is 0 Å². The molecule has 4 nitrogen and oxygen atoms in total. The maximum atomic E-state index is 11.9. The molecule has 1 aromatic rings. The average molecular weight is 292 g/mol. The van der Waals surface area contributed by atoms with Gasteiger partial charge in [0.05, 0.1) is 12.9 Å². The molecular formula is C12H18ClNO3S. The minimum absolute atomic E-state index is 0.0803. The predicted octanol–water partition coefficient (Wildman–Crippen LogP) is 2.09. The lowest BCUT2D eigenvalue weighted by Crippen LogP contribution is -2.29. The summed E-state index contributed by atoms with van der Waals surface area (Å²) >= 11 is 5.51. The molecule has 0 aromatic heterocycles. The van der Waals surface area contributed by atoms with Gasteiger partial charge < -0.3 is 4.74 Å². The summed E-state index contributed by atoms with van der Waals surface area (Å²) in [5, 5.41) is 0. The second-order valence-corrected chi connectivity index (χ2v) is 6.54. The maximum absolute atomic E-state index is 11.9. The summed E-state index contributed by atoms with van der Waals surface area (Å²) in [6.45, 7) is 0.335. The Labute approximate surface area is 114 Å². The molecule has 0 amide bonds. The number of methoxy groups -OCH3 is 1. The summed E-state index contributed by atoms with van der Waals surface area (Å²) in [4.78, 5) is 0. The Balaban J connectivity index is 2.71. The molecule has 0 saturated carbocycles. The van der Waals surface area contributed by atoms with E-state index in [1.165, 1.54) is 4.31 Å². The van der Waals surface area contributed by atoms with Crippen molar-refractivity contribution in [3.05, 3.63) is 29.8 Å². The smallest absolute Gasteiger partial charge is 0.214 e. The highest BCUT2D eigenvalue weighted by molar-refractivity contribution is 7.89. The molecule has 0 aliphatic carbocycles. The second kappa shape index (κ2) is 6.97. The molecule has 6 heteroatoms. The van der Waals surface area contributed by atoms with Crippen LogP contribution in [0.2, 0.25) is 0 Å². The van der Waals surface area contributed by atoms with Gasteiger partial charge in [0, 0.05) is 19.5 Å². The van der Waals surface area contributed by atoms with Gasteiger partial charge in [0.15, 0.2) is 0 Å². The number of nitrogens with zero attached hydrogens (tertiary/aromatic N) is 1. The summed E-state index contributed by atoms with van der Waals surface area (Å²) in [6, 6.07) is 7.36. The van der Waals surface area contributed by atoms with Gasteiger partial charge in [-0.25, -0.2) is 12.7 Å². The van der Waals surface area contributed by atoms with Crippen LogP contribution in [-0.2, 0) is 16.6 Å². The van der Waals surface area contributed by atoms with Gasteiger partial charge >= 0.3 is 0 Å². The fourth-order valence-electron chi connectivity index (χ4n) is 1.52. The normalized spacial score (nSPS) is 11.8. The Morgan fingerprint density at radius 1 is 1.39 bits per heavy atom. The van der Waals surface area contributed by atoms with E-state index in [1.807, 2.05) is 24.3 Å². The van der Waals surface area contributed by atoms with Crippen LogP contribution in [0.5, 0.6) is 5.75 Å². The molecule has 0 N–H and O–H groups in total. The van der Waals surface area contributed by atoms with Crippen LogP contribution in [0.4, 0.5) is 0 Å². The summed E-state index contributed by atoms with van der Waals surface area (Å²) in [7, 11) is -0.0763. The van der Waals surface area contributed by atoms with Crippen LogP contribution >= 0.6 is 11.6 Å². The van der Waals surface area contributed by atoms with Gasteiger partial charge in [0.25, 0.3) is 0 Å². The first kappa shape index (κ1) is 15.3. The Bertz CT molecular complexity index is 476. The molecule has 102 valence electrons. The SMILES string of the molecule is COc1cccc(CN(C)S(=O)(=O)CCCCl)c1. The van der Waals surface area contributed by atoms with Gasteiger partial charge in [-0.05, 0) is 24.1 Å². The van der Waals surface area contributed by atoms with E-state index in [0.717, 1.165) is 11.3 Å². The first-order valence-corrected chi connectivity index (χ1v) is 7.77. The Morgan fingerprint density at radius 3 is 2.72 bits per heavy atom. The fourth-order valence-corrected chi connectivity index (χ4v) is 2.98. The number of sulfonamides is 1. The first-order chi connectivity index (χ1) is 8.49. The third kappa shape index (κ3) is 4.48. The van der Waals surface area contributed by atoms with Crippen molar-refractivity contribution in [1.82, 2.24) is 4.31 Å². The van der Waals surface area contributed by atoms with Gasteiger partial charge in [-0.1, -0.05) is 12.1 Å². The highest BCUT2D eigenvalue weighted by atomic mass is 35.5. The van der Waals surface area contributed by atoms with Crippen molar-refractivity contribution in [3.63, 3.8) is 0 Å². The van der Waals surface area contributed by atoms with Crippen LogP contribution in [0.1, 0.15) is 12.0 Å². The number of benzene rings is 1. The molecule has 0 aliphatic rings. The van der Waals surface area contributed by atoms with Gasteiger partial charge in [-0.2, -0.15) is 0 Å². The van der Waals surface area contributed by atoms with Crippen molar-refractivity contribution in [2.24, 2.45) is 0 Å². The molecule has 0 heterocycles. The van der Waals surface area contributed by atoms with Crippen molar-refractivity contribution >= 4 is 21.6 Å². The summed E-state index contributed by atoms with van der Waals surface area (Å²) in [5.41, 5.74) is 0.895. The number of alkyl halides is 1. The van der Waals surface area contributed by atoms with E-state index >= 15 is 0 Å². The molecule has 0 saturated heterocycles. The highest BCUT2D eigenvalue weighted by Gasteiger charge is 2.17. The second-order valence-electron chi connectivity index (χ2n) is 3.97. The van der Waals surface area contributed by atoms with E-state index in [0.29, 0.717) is 18.8 Å². The largest absolute Gasteiger partial charge is 0.497 e. The van der Waals surface area contributed by atoms with Crippen LogP contribution in [0, 0.1) is 0 Å². The third-order valence-electron chi connectivity index (χ3n) is 2.55. The van der Waals surface area contributed by atoms with Gasteiger partial charge in [0.2, 0.25) is 10.0 Å². The fraction of sp³-hybridized carbons (Fsp3) is 0.500. The molecule has 0 unspecified atom stereocenters. The molecule has 0 spiro atoms. The van der Waals surface area contributed by atoms with E-state index < -0.39 is 10.0 Å². The molecule has 18 heavy (non-hydrogen) atoms. The zero-order chi connectivity index (χ0) is 13.6. The van der Waals surface area contributed by atoms with Crippen LogP contribution in [0.3, 0.4) is 0 Å². The lowest BCUT2D eigenvalue weighted by molar-refractivity contribution is 0.412. The molecule has 0 fully saturated rings. The number of hydrogen-bond acceptors (Lipinski definition) is 3. The lowest BCUT2D eigenvalue weighted by Gasteiger charge is -2.17. The first-order valence-electron chi connectivity index (χ1n) is 5.62. The molecule has 0 bridgehead atoms. The maximum Gasteiger partial charge on any atom is 0.214 e. The van der Waals surface area contributed by atoms with Gasteiger partial charge in [0.1, 0.15) is 5.75 Å². The number of hydrogen-bond donors (Lipinski definition) is 0. The minimum Gasteiger partial charge on any atom is -0.497 e. The van der Waals surface area contributed by atoms with E-state index in [2.05, 4.69) is 0 Å². The van der Waals surface area contributed by atoms with Gasteiger partial charge in [-0.3, -0.25) is 0 Å². The zero-order valence-corrected chi connectivity index (χ0v) is 12.2. The summed E-state index contributed by atoms with van der Waals surface area (Å²) in [5.74, 6) is 1.16. The topological polar surface area (TPSA) is 46.6 Å². The van der Waals surface area contributed by atoms with Gasteiger partial charge in [-0.15, -0.1) is 11.6 Å². The number of halogens is 1. The van der Waals surface area contributed by atoms with E-state index in [-0.39, 0.29) is 5.75 Å². The summed E-state index contributed by atoms with van der Waals surface area (Å²) < 4.78 is 30.2. The molecular weight excluding hydrogens is 274 g/mol. The standard InChI is InChI=1S/C12H18ClNO3S/c1-14(18(15,16)8-4-7-13)10-11-5-3-6-12(9-11)17-2/h3,5-6,9H,4,7-8,10H2,1-2H3. The van der Waals surface area contributed by atoms with Crippen LogP contribution in [-0.4, -0.2) is 38.5 Å². The van der Waals surface area contributed by atoms with Crippen molar-refractivity contribution in [2.75, 3.05) is 25.8 Å². The van der Waals surface area contributed by atoms with Crippen molar-refractivity contribution < 1.29 is 13.2 Å². The molecule has 0 aliphatic heterocycles. The molecule has 0 atom stereocenters. The molecule has 0 radical (unpaired) electrons. The quantitative estimate of drug-likeness (QED) is 0.723.